The number of amides is 1. The molecule has 0 fully saturated rings. The molecule has 2 heterocycles. The van der Waals surface area contributed by atoms with E-state index in [0.717, 1.165) is 10.6 Å². The standard InChI is InChI=1S/C14H18N4O2S/c1-4-5-18(6-7-19)14(20)12-10(2)16-13(21-12)11-8-15-17(3)9-11/h4,8-9,19H,1,5-7H2,2-3H3. The van der Waals surface area contributed by atoms with Gasteiger partial charge in [-0.15, -0.1) is 17.9 Å². The Morgan fingerprint density at radius 2 is 2.38 bits per heavy atom. The van der Waals surface area contributed by atoms with Crippen LogP contribution in [0.5, 0.6) is 0 Å². The first kappa shape index (κ1) is 15.4. The molecule has 2 aromatic heterocycles. The van der Waals surface area contributed by atoms with Crippen molar-refractivity contribution in [1.29, 1.82) is 0 Å². The Bertz CT molecular complexity index is 647. The fraction of sp³-hybridized carbons (Fsp3) is 0.357. The van der Waals surface area contributed by atoms with Crippen molar-refractivity contribution in [2.45, 2.75) is 6.92 Å². The van der Waals surface area contributed by atoms with Gasteiger partial charge in [-0.25, -0.2) is 4.98 Å². The lowest BCUT2D eigenvalue weighted by Crippen LogP contribution is -2.33. The lowest BCUT2D eigenvalue weighted by molar-refractivity contribution is 0.0746. The fourth-order valence-electron chi connectivity index (χ4n) is 1.95. The molecule has 2 rings (SSSR count). The Morgan fingerprint density at radius 1 is 1.62 bits per heavy atom. The summed E-state index contributed by atoms with van der Waals surface area (Å²) in [6, 6.07) is 0. The first-order chi connectivity index (χ1) is 10.1. The van der Waals surface area contributed by atoms with Crippen LogP contribution in [0.15, 0.2) is 25.0 Å². The number of carbonyl (C=O) groups excluding carboxylic acids is 1. The zero-order chi connectivity index (χ0) is 15.4. The summed E-state index contributed by atoms with van der Waals surface area (Å²) in [4.78, 5) is 19.1. The van der Waals surface area contributed by atoms with Crippen LogP contribution in [0.1, 0.15) is 15.4 Å². The minimum atomic E-state index is -0.130. The van der Waals surface area contributed by atoms with Crippen molar-refractivity contribution in [1.82, 2.24) is 19.7 Å². The highest BCUT2D eigenvalue weighted by molar-refractivity contribution is 7.17. The van der Waals surface area contributed by atoms with Crippen molar-refractivity contribution in [2.24, 2.45) is 7.05 Å². The molecule has 112 valence electrons. The number of nitrogens with zero attached hydrogens (tertiary/aromatic N) is 4. The van der Waals surface area contributed by atoms with E-state index >= 15 is 0 Å². The minimum Gasteiger partial charge on any atom is -0.395 e. The van der Waals surface area contributed by atoms with Crippen molar-refractivity contribution in [3.63, 3.8) is 0 Å². The molecule has 0 aliphatic heterocycles. The van der Waals surface area contributed by atoms with Gasteiger partial charge in [0.1, 0.15) is 9.88 Å². The maximum absolute atomic E-state index is 12.5. The van der Waals surface area contributed by atoms with Gasteiger partial charge in [-0.2, -0.15) is 5.10 Å². The maximum Gasteiger partial charge on any atom is 0.266 e. The molecule has 0 aliphatic rings. The van der Waals surface area contributed by atoms with E-state index in [0.29, 0.717) is 17.1 Å². The second-order valence-electron chi connectivity index (χ2n) is 4.60. The third kappa shape index (κ3) is 3.37. The van der Waals surface area contributed by atoms with Crippen molar-refractivity contribution in [3.05, 3.63) is 35.6 Å². The van der Waals surface area contributed by atoms with Crippen LogP contribution >= 0.6 is 11.3 Å². The van der Waals surface area contributed by atoms with E-state index in [1.165, 1.54) is 11.3 Å². The molecular weight excluding hydrogens is 288 g/mol. The lowest BCUT2D eigenvalue weighted by Gasteiger charge is -2.19. The number of carbonyl (C=O) groups is 1. The quantitative estimate of drug-likeness (QED) is 0.821. The molecule has 1 N–H and O–H groups in total. The molecule has 0 bridgehead atoms. The van der Waals surface area contributed by atoms with E-state index in [9.17, 15) is 4.79 Å². The second kappa shape index (κ2) is 6.64. The molecule has 0 atom stereocenters. The number of aliphatic hydroxyl groups is 1. The van der Waals surface area contributed by atoms with Gasteiger partial charge in [-0.3, -0.25) is 9.48 Å². The molecule has 7 heteroatoms. The van der Waals surface area contributed by atoms with Gasteiger partial charge < -0.3 is 10.0 Å². The Hall–Kier alpha value is -1.99. The Labute approximate surface area is 127 Å². The highest BCUT2D eigenvalue weighted by Crippen LogP contribution is 2.28. The molecule has 0 aliphatic carbocycles. The maximum atomic E-state index is 12.5. The molecule has 0 radical (unpaired) electrons. The smallest absolute Gasteiger partial charge is 0.266 e. The first-order valence-electron chi connectivity index (χ1n) is 6.54. The van der Waals surface area contributed by atoms with E-state index < -0.39 is 0 Å². The van der Waals surface area contributed by atoms with Gasteiger partial charge in [-0.05, 0) is 6.92 Å². The van der Waals surface area contributed by atoms with E-state index in [4.69, 9.17) is 5.11 Å². The van der Waals surface area contributed by atoms with Gasteiger partial charge in [0.2, 0.25) is 0 Å². The monoisotopic (exact) mass is 306 g/mol. The van der Waals surface area contributed by atoms with Crippen LogP contribution < -0.4 is 0 Å². The predicted octanol–water partition coefficient (Wildman–Crippen LogP) is 1.47. The molecule has 0 saturated heterocycles. The van der Waals surface area contributed by atoms with Crippen LogP contribution in [-0.4, -0.2) is 50.4 Å². The molecule has 6 nitrogen and oxygen atoms in total. The molecule has 0 aromatic carbocycles. The third-order valence-electron chi connectivity index (χ3n) is 2.95. The summed E-state index contributed by atoms with van der Waals surface area (Å²) in [6.45, 7) is 6.06. The summed E-state index contributed by atoms with van der Waals surface area (Å²) in [7, 11) is 1.84. The molecule has 0 spiro atoms. The minimum absolute atomic E-state index is 0.0765. The summed E-state index contributed by atoms with van der Waals surface area (Å²) < 4.78 is 1.70. The van der Waals surface area contributed by atoms with Gasteiger partial charge in [0.25, 0.3) is 5.91 Å². The predicted molar refractivity (Wildman–Crippen MR) is 82.2 cm³/mol. The number of aryl methyl sites for hydroxylation is 2. The van der Waals surface area contributed by atoms with Gasteiger partial charge in [-0.1, -0.05) is 6.08 Å². The SMILES string of the molecule is C=CCN(CCO)C(=O)c1sc(-c2cnn(C)c2)nc1C. The van der Waals surface area contributed by atoms with Crippen LogP contribution in [0.2, 0.25) is 0 Å². The van der Waals surface area contributed by atoms with Crippen molar-refractivity contribution in [3.8, 4) is 10.6 Å². The molecule has 0 saturated carbocycles. The summed E-state index contributed by atoms with van der Waals surface area (Å²) in [6.07, 6.45) is 5.23. The van der Waals surface area contributed by atoms with E-state index in [1.807, 2.05) is 20.2 Å². The number of rotatable bonds is 6. The van der Waals surface area contributed by atoms with Gasteiger partial charge in [0.05, 0.1) is 18.5 Å². The first-order valence-corrected chi connectivity index (χ1v) is 7.36. The number of hydrogen-bond acceptors (Lipinski definition) is 5. The van der Waals surface area contributed by atoms with Crippen LogP contribution in [0, 0.1) is 6.92 Å². The summed E-state index contributed by atoms with van der Waals surface area (Å²) in [5.74, 6) is -0.130. The molecular formula is C14H18N4O2S. The zero-order valence-electron chi connectivity index (χ0n) is 12.1. The molecule has 0 unspecified atom stereocenters. The Kier molecular flexibility index (Phi) is 4.87. The Balaban J connectivity index is 2.29. The molecule has 21 heavy (non-hydrogen) atoms. The van der Waals surface area contributed by atoms with Crippen molar-refractivity contribution >= 4 is 17.2 Å². The summed E-state index contributed by atoms with van der Waals surface area (Å²) >= 11 is 1.34. The van der Waals surface area contributed by atoms with Crippen molar-refractivity contribution in [2.75, 3.05) is 19.7 Å². The van der Waals surface area contributed by atoms with Gasteiger partial charge in [0.15, 0.2) is 0 Å². The van der Waals surface area contributed by atoms with Gasteiger partial charge in [0, 0.05) is 31.9 Å². The average Bonchev–Trinajstić information content (AvgIpc) is 3.04. The van der Waals surface area contributed by atoms with Gasteiger partial charge >= 0.3 is 0 Å². The number of aliphatic hydroxyl groups excluding tert-OH is 1. The Morgan fingerprint density at radius 3 is 2.95 bits per heavy atom. The van der Waals surface area contributed by atoms with Crippen LogP contribution in [-0.2, 0) is 7.05 Å². The molecule has 1 amide bonds. The molecule has 2 aromatic rings. The largest absolute Gasteiger partial charge is 0.395 e. The second-order valence-corrected chi connectivity index (χ2v) is 5.60. The van der Waals surface area contributed by atoms with Crippen LogP contribution in [0.3, 0.4) is 0 Å². The number of hydrogen-bond donors (Lipinski definition) is 1. The van der Waals surface area contributed by atoms with E-state index in [-0.39, 0.29) is 19.1 Å². The topological polar surface area (TPSA) is 71.2 Å². The number of thiazole rings is 1. The fourth-order valence-corrected chi connectivity index (χ4v) is 2.95. The van der Waals surface area contributed by atoms with E-state index in [1.54, 1.807) is 21.9 Å². The third-order valence-corrected chi connectivity index (χ3v) is 4.14. The summed E-state index contributed by atoms with van der Waals surface area (Å²) in [5, 5.41) is 13.9. The van der Waals surface area contributed by atoms with Crippen LogP contribution in [0.25, 0.3) is 10.6 Å². The normalized spacial score (nSPS) is 10.6. The van der Waals surface area contributed by atoms with Crippen LogP contribution in [0.4, 0.5) is 0 Å². The zero-order valence-corrected chi connectivity index (χ0v) is 12.9. The van der Waals surface area contributed by atoms with Crippen molar-refractivity contribution < 1.29 is 9.90 Å². The average molecular weight is 306 g/mol. The number of aromatic nitrogens is 3. The van der Waals surface area contributed by atoms with E-state index in [2.05, 4.69) is 16.7 Å². The highest BCUT2D eigenvalue weighted by atomic mass is 32.1. The summed E-state index contributed by atoms with van der Waals surface area (Å²) in [5.41, 5.74) is 1.58. The highest BCUT2D eigenvalue weighted by Gasteiger charge is 2.21. The lowest BCUT2D eigenvalue weighted by atomic mass is 10.3.